The largest absolute Gasteiger partial charge is 0.323 e. The molecule has 0 bridgehead atoms. The summed E-state index contributed by atoms with van der Waals surface area (Å²) < 4.78 is 0. The maximum atomic E-state index is 13.1. The third kappa shape index (κ3) is 3.23. The summed E-state index contributed by atoms with van der Waals surface area (Å²) in [6.07, 6.45) is 1.11. The van der Waals surface area contributed by atoms with Crippen LogP contribution >= 0.6 is 0 Å². The van der Waals surface area contributed by atoms with Crippen molar-refractivity contribution < 1.29 is 14.6 Å². The standard InChI is InChI=1S/C21H17N3O5/c22-20-18-6-5-12-3-1-2-4-16(12)17(18)7-8-19(20)21(25)13-9-14(23(26)27)11-15(10-13)24(28)29/h1-6,9-11,19-20H,7-8,22H2. The Labute approximate surface area is 165 Å². The zero-order valence-corrected chi connectivity index (χ0v) is 15.3. The van der Waals surface area contributed by atoms with Crippen LogP contribution in [0, 0.1) is 26.1 Å². The minimum Gasteiger partial charge on any atom is -0.323 e. The van der Waals surface area contributed by atoms with E-state index in [2.05, 4.69) is 0 Å². The topological polar surface area (TPSA) is 129 Å². The summed E-state index contributed by atoms with van der Waals surface area (Å²) in [5.41, 5.74) is 7.36. The van der Waals surface area contributed by atoms with E-state index in [1.165, 1.54) is 0 Å². The molecule has 0 saturated carbocycles. The second-order valence-corrected chi connectivity index (χ2v) is 7.14. The van der Waals surface area contributed by atoms with Gasteiger partial charge in [0, 0.05) is 29.7 Å². The van der Waals surface area contributed by atoms with Gasteiger partial charge in [0.05, 0.1) is 15.9 Å². The Hall–Kier alpha value is -3.65. The van der Waals surface area contributed by atoms with Crippen LogP contribution in [-0.2, 0) is 6.42 Å². The molecule has 0 radical (unpaired) electrons. The first-order valence-electron chi connectivity index (χ1n) is 9.11. The van der Waals surface area contributed by atoms with Gasteiger partial charge in [-0.05, 0) is 34.7 Å². The molecule has 3 aromatic carbocycles. The second kappa shape index (κ2) is 7.06. The van der Waals surface area contributed by atoms with Crippen molar-refractivity contribution in [2.45, 2.75) is 18.9 Å². The summed E-state index contributed by atoms with van der Waals surface area (Å²) in [5.74, 6) is -1.02. The lowest BCUT2D eigenvalue weighted by molar-refractivity contribution is -0.394. The van der Waals surface area contributed by atoms with E-state index < -0.39 is 39.0 Å². The van der Waals surface area contributed by atoms with Crippen LogP contribution in [-0.4, -0.2) is 15.6 Å². The quantitative estimate of drug-likeness (QED) is 0.405. The van der Waals surface area contributed by atoms with Crippen LogP contribution < -0.4 is 5.73 Å². The zero-order valence-electron chi connectivity index (χ0n) is 15.3. The molecule has 0 saturated heterocycles. The Balaban J connectivity index is 1.73. The van der Waals surface area contributed by atoms with E-state index in [1.54, 1.807) is 0 Å². The molecule has 0 spiro atoms. The SMILES string of the molecule is NC1c2ccc3ccccc3c2CCC1C(=O)c1cc([N+](=O)[O-])cc([N+](=O)[O-])c1. The molecule has 8 nitrogen and oxygen atoms in total. The number of Topliss-reactive ketones (excluding diaryl/α,β-unsaturated/α-hetero) is 1. The molecule has 2 atom stereocenters. The van der Waals surface area contributed by atoms with Crippen molar-refractivity contribution in [3.63, 3.8) is 0 Å². The van der Waals surface area contributed by atoms with Gasteiger partial charge < -0.3 is 5.73 Å². The minimum atomic E-state index is -0.744. The molecule has 2 N–H and O–H groups in total. The fourth-order valence-corrected chi connectivity index (χ4v) is 4.10. The number of non-ortho nitro benzene ring substituents is 2. The fourth-order valence-electron chi connectivity index (χ4n) is 4.10. The van der Waals surface area contributed by atoms with Crippen molar-refractivity contribution in [2.24, 2.45) is 11.7 Å². The summed E-state index contributed by atoms with van der Waals surface area (Å²) in [7, 11) is 0. The normalized spacial score (nSPS) is 18.2. The second-order valence-electron chi connectivity index (χ2n) is 7.14. The molecule has 0 aromatic heterocycles. The van der Waals surface area contributed by atoms with E-state index in [0.717, 1.165) is 40.1 Å². The van der Waals surface area contributed by atoms with Crippen molar-refractivity contribution in [1.29, 1.82) is 0 Å². The highest BCUT2D eigenvalue weighted by atomic mass is 16.6. The van der Waals surface area contributed by atoms with E-state index in [1.807, 2.05) is 36.4 Å². The first-order valence-corrected chi connectivity index (χ1v) is 9.11. The molecule has 146 valence electrons. The van der Waals surface area contributed by atoms with Crippen molar-refractivity contribution in [2.75, 3.05) is 0 Å². The van der Waals surface area contributed by atoms with E-state index >= 15 is 0 Å². The average Bonchev–Trinajstić information content (AvgIpc) is 2.73. The molecule has 3 aromatic rings. The van der Waals surface area contributed by atoms with Crippen molar-refractivity contribution in [1.82, 2.24) is 0 Å². The summed E-state index contributed by atoms with van der Waals surface area (Å²) in [5, 5.41) is 24.4. The van der Waals surface area contributed by atoms with Gasteiger partial charge >= 0.3 is 0 Å². The van der Waals surface area contributed by atoms with Gasteiger partial charge in [0.15, 0.2) is 5.78 Å². The summed E-state index contributed by atoms with van der Waals surface area (Å²) in [6, 6.07) is 14.2. The Kier molecular flexibility index (Phi) is 4.56. The number of aryl methyl sites for hydroxylation is 1. The number of hydrogen-bond donors (Lipinski definition) is 1. The smallest absolute Gasteiger partial charge is 0.277 e. The predicted molar refractivity (Wildman–Crippen MR) is 107 cm³/mol. The number of nitrogens with two attached hydrogens (primary N) is 1. The number of carbonyl (C=O) groups excluding carboxylic acids is 1. The molecule has 4 rings (SSSR count). The lowest BCUT2D eigenvalue weighted by atomic mass is 9.75. The number of hydrogen-bond acceptors (Lipinski definition) is 6. The minimum absolute atomic E-state index is 0.0596. The third-order valence-corrected chi connectivity index (χ3v) is 5.52. The van der Waals surface area contributed by atoms with Gasteiger partial charge in [-0.15, -0.1) is 0 Å². The lowest BCUT2D eigenvalue weighted by Gasteiger charge is -2.31. The van der Waals surface area contributed by atoms with Crippen LogP contribution in [0.4, 0.5) is 11.4 Å². The van der Waals surface area contributed by atoms with Gasteiger partial charge in [-0.2, -0.15) is 0 Å². The van der Waals surface area contributed by atoms with Gasteiger partial charge in [-0.3, -0.25) is 25.0 Å². The Bertz CT molecular complexity index is 1140. The first kappa shape index (κ1) is 18.7. The van der Waals surface area contributed by atoms with Crippen LogP contribution in [0.1, 0.15) is 33.9 Å². The highest BCUT2D eigenvalue weighted by Crippen LogP contribution is 2.39. The molecule has 1 aliphatic carbocycles. The van der Waals surface area contributed by atoms with E-state index in [-0.39, 0.29) is 5.56 Å². The maximum absolute atomic E-state index is 13.1. The van der Waals surface area contributed by atoms with Gasteiger partial charge in [0.25, 0.3) is 11.4 Å². The fraction of sp³-hybridized carbons (Fsp3) is 0.190. The highest BCUT2D eigenvalue weighted by molar-refractivity contribution is 6.00. The molecule has 2 unspecified atom stereocenters. The van der Waals surface area contributed by atoms with Crippen molar-refractivity contribution in [3.05, 3.63) is 91.5 Å². The van der Waals surface area contributed by atoms with E-state index in [9.17, 15) is 25.0 Å². The number of nitrogens with zero attached hydrogens (tertiary/aromatic N) is 2. The number of carbonyl (C=O) groups is 1. The van der Waals surface area contributed by atoms with Crippen molar-refractivity contribution in [3.8, 4) is 0 Å². The molecule has 0 fully saturated rings. The van der Waals surface area contributed by atoms with Gasteiger partial charge in [0.2, 0.25) is 0 Å². The summed E-state index contributed by atoms with van der Waals surface area (Å²) in [6.45, 7) is 0. The summed E-state index contributed by atoms with van der Waals surface area (Å²) >= 11 is 0. The number of rotatable bonds is 4. The van der Waals surface area contributed by atoms with Crippen LogP contribution in [0.2, 0.25) is 0 Å². The first-order chi connectivity index (χ1) is 13.9. The monoisotopic (exact) mass is 391 g/mol. The highest BCUT2D eigenvalue weighted by Gasteiger charge is 2.34. The number of nitro groups is 2. The van der Waals surface area contributed by atoms with Crippen LogP contribution in [0.5, 0.6) is 0 Å². The molecule has 0 aliphatic heterocycles. The molecule has 0 amide bonds. The molecule has 0 heterocycles. The van der Waals surface area contributed by atoms with Crippen LogP contribution in [0.3, 0.4) is 0 Å². The molecular weight excluding hydrogens is 374 g/mol. The maximum Gasteiger partial charge on any atom is 0.277 e. The van der Waals surface area contributed by atoms with Crippen LogP contribution in [0.15, 0.2) is 54.6 Å². The predicted octanol–water partition coefficient (Wildman–Crippen LogP) is 4.10. The Morgan fingerprint density at radius 2 is 1.62 bits per heavy atom. The van der Waals surface area contributed by atoms with E-state index in [4.69, 9.17) is 5.73 Å². The lowest BCUT2D eigenvalue weighted by Crippen LogP contribution is -2.33. The average molecular weight is 391 g/mol. The number of fused-ring (bicyclic) bond motifs is 3. The zero-order chi connectivity index (χ0) is 20.7. The molecular formula is C21H17N3O5. The van der Waals surface area contributed by atoms with Gasteiger partial charge in [-0.1, -0.05) is 36.4 Å². The number of nitro benzene ring substituents is 2. The van der Waals surface area contributed by atoms with E-state index in [0.29, 0.717) is 12.8 Å². The van der Waals surface area contributed by atoms with Crippen molar-refractivity contribution >= 4 is 27.9 Å². The Morgan fingerprint density at radius 3 is 2.28 bits per heavy atom. The molecule has 8 heteroatoms. The third-order valence-electron chi connectivity index (χ3n) is 5.52. The Morgan fingerprint density at radius 1 is 0.966 bits per heavy atom. The number of benzene rings is 3. The van der Waals surface area contributed by atoms with Gasteiger partial charge in [0.1, 0.15) is 0 Å². The van der Waals surface area contributed by atoms with Crippen LogP contribution in [0.25, 0.3) is 10.8 Å². The molecule has 29 heavy (non-hydrogen) atoms. The van der Waals surface area contributed by atoms with Gasteiger partial charge in [-0.25, -0.2) is 0 Å². The molecule has 1 aliphatic rings. The summed E-state index contributed by atoms with van der Waals surface area (Å²) in [4.78, 5) is 33.9. The number of ketones is 1.